The van der Waals surface area contributed by atoms with Crippen LogP contribution in [-0.4, -0.2) is 33.0 Å². The van der Waals surface area contributed by atoms with Crippen LogP contribution < -0.4 is 5.73 Å². The first-order valence-electron chi connectivity index (χ1n) is 6.11. The van der Waals surface area contributed by atoms with Crippen LogP contribution in [0.1, 0.15) is 10.5 Å². The van der Waals surface area contributed by atoms with Crippen molar-refractivity contribution in [3.63, 3.8) is 0 Å². The van der Waals surface area contributed by atoms with Gasteiger partial charge in [-0.15, -0.1) is 0 Å². The Morgan fingerprint density at radius 2 is 2.19 bits per heavy atom. The lowest BCUT2D eigenvalue weighted by molar-refractivity contribution is 0.0594. The molecular weight excluding hydrogens is 272 g/mol. The number of phenols is 1. The molecule has 2 aromatic heterocycles. The molecule has 0 aliphatic heterocycles. The number of pyridine rings is 1. The molecule has 7 heteroatoms. The van der Waals surface area contributed by atoms with Crippen molar-refractivity contribution in [1.29, 1.82) is 0 Å². The number of esters is 1. The third-order valence-electron chi connectivity index (χ3n) is 3.07. The van der Waals surface area contributed by atoms with Gasteiger partial charge in [-0.2, -0.15) is 5.10 Å². The first kappa shape index (κ1) is 12.9. The van der Waals surface area contributed by atoms with Gasteiger partial charge >= 0.3 is 5.97 Å². The number of nitrogens with two attached hydrogens (primary N) is 1. The molecule has 0 bridgehead atoms. The maximum absolute atomic E-state index is 11.6. The van der Waals surface area contributed by atoms with E-state index in [2.05, 4.69) is 14.8 Å². The van der Waals surface area contributed by atoms with E-state index in [4.69, 9.17) is 5.73 Å². The molecule has 3 rings (SSSR count). The Bertz CT molecular complexity index is 841. The number of nitrogens with zero attached hydrogens (tertiary/aromatic N) is 3. The molecule has 0 unspecified atom stereocenters. The fraction of sp³-hybridized carbons (Fsp3) is 0.0714. The Labute approximate surface area is 119 Å². The van der Waals surface area contributed by atoms with Gasteiger partial charge < -0.3 is 15.6 Å². The molecule has 0 fully saturated rings. The zero-order valence-electron chi connectivity index (χ0n) is 11.1. The van der Waals surface area contributed by atoms with Crippen molar-refractivity contribution in [3.05, 3.63) is 42.4 Å². The lowest BCUT2D eigenvalue weighted by Gasteiger charge is -2.05. The van der Waals surface area contributed by atoms with Gasteiger partial charge in [0.15, 0.2) is 11.5 Å². The molecule has 0 aliphatic rings. The normalized spacial score (nSPS) is 10.7. The zero-order valence-corrected chi connectivity index (χ0v) is 11.1. The second kappa shape index (κ2) is 4.78. The maximum Gasteiger partial charge on any atom is 0.360 e. The Kier molecular flexibility index (Phi) is 2.94. The summed E-state index contributed by atoms with van der Waals surface area (Å²) in [4.78, 5) is 15.8. The number of ether oxygens (including phenoxy) is 1. The summed E-state index contributed by atoms with van der Waals surface area (Å²) in [6, 6.07) is 6.74. The predicted octanol–water partition coefficient (Wildman–Crippen LogP) is 1.49. The van der Waals surface area contributed by atoms with Crippen molar-refractivity contribution in [1.82, 2.24) is 14.8 Å². The van der Waals surface area contributed by atoms with Crippen LogP contribution in [0.3, 0.4) is 0 Å². The molecule has 0 aliphatic carbocycles. The smallest absolute Gasteiger partial charge is 0.360 e. The summed E-state index contributed by atoms with van der Waals surface area (Å²) in [6.07, 6.45) is 3.10. The molecule has 21 heavy (non-hydrogen) atoms. The van der Waals surface area contributed by atoms with Crippen LogP contribution in [-0.2, 0) is 4.74 Å². The van der Waals surface area contributed by atoms with E-state index in [1.54, 1.807) is 24.4 Å². The van der Waals surface area contributed by atoms with Gasteiger partial charge in [-0.3, -0.25) is 0 Å². The number of hydrogen-bond donors (Lipinski definition) is 2. The SMILES string of the molecule is COC(=O)c1nn(-c2nccc3ccc(O)cc23)cc1N. The molecule has 0 saturated carbocycles. The van der Waals surface area contributed by atoms with E-state index in [-0.39, 0.29) is 17.1 Å². The van der Waals surface area contributed by atoms with E-state index in [1.807, 2.05) is 6.07 Å². The fourth-order valence-electron chi connectivity index (χ4n) is 2.07. The Hall–Kier alpha value is -3.09. The Morgan fingerprint density at radius 3 is 2.95 bits per heavy atom. The minimum Gasteiger partial charge on any atom is -0.508 e. The molecule has 106 valence electrons. The van der Waals surface area contributed by atoms with Gasteiger partial charge in [0, 0.05) is 11.6 Å². The molecule has 3 N–H and O–H groups in total. The number of aromatic nitrogens is 3. The van der Waals surface area contributed by atoms with Crippen molar-refractivity contribution < 1.29 is 14.6 Å². The quantitative estimate of drug-likeness (QED) is 0.691. The van der Waals surface area contributed by atoms with E-state index in [0.29, 0.717) is 11.2 Å². The first-order valence-corrected chi connectivity index (χ1v) is 6.11. The van der Waals surface area contributed by atoms with Gasteiger partial charge in [-0.05, 0) is 23.6 Å². The number of carbonyl (C=O) groups is 1. The van der Waals surface area contributed by atoms with Crippen LogP contribution in [0, 0.1) is 0 Å². The van der Waals surface area contributed by atoms with Crippen molar-refractivity contribution in [3.8, 4) is 11.6 Å². The van der Waals surface area contributed by atoms with Gasteiger partial charge in [-0.1, -0.05) is 6.07 Å². The largest absolute Gasteiger partial charge is 0.508 e. The van der Waals surface area contributed by atoms with Crippen molar-refractivity contribution in [2.75, 3.05) is 12.8 Å². The summed E-state index contributed by atoms with van der Waals surface area (Å²) in [5, 5.41) is 15.3. The summed E-state index contributed by atoms with van der Waals surface area (Å²) >= 11 is 0. The third-order valence-corrected chi connectivity index (χ3v) is 3.07. The molecule has 0 radical (unpaired) electrons. The lowest BCUT2D eigenvalue weighted by Crippen LogP contribution is -2.06. The standard InChI is InChI=1S/C14H12N4O3/c1-21-14(20)12-11(15)7-18(17-12)13-10-6-9(19)3-2-8(10)4-5-16-13/h2-7,19H,15H2,1H3. The predicted molar refractivity (Wildman–Crippen MR) is 76.3 cm³/mol. The van der Waals surface area contributed by atoms with E-state index >= 15 is 0 Å². The van der Waals surface area contributed by atoms with Crippen LogP contribution in [0.5, 0.6) is 5.75 Å². The summed E-state index contributed by atoms with van der Waals surface area (Å²) in [6.45, 7) is 0. The molecule has 0 saturated heterocycles. The summed E-state index contributed by atoms with van der Waals surface area (Å²) in [5.41, 5.74) is 5.99. The van der Waals surface area contributed by atoms with E-state index in [1.165, 1.54) is 18.0 Å². The van der Waals surface area contributed by atoms with E-state index in [0.717, 1.165) is 5.39 Å². The number of nitrogen functional groups attached to an aromatic ring is 1. The van der Waals surface area contributed by atoms with Crippen molar-refractivity contribution in [2.24, 2.45) is 0 Å². The lowest BCUT2D eigenvalue weighted by atomic mass is 10.1. The molecule has 0 amide bonds. The average molecular weight is 284 g/mol. The number of aromatic hydroxyl groups is 1. The highest BCUT2D eigenvalue weighted by Gasteiger charge is 2.17. The second-order valence-corrected chi connectivity index (χ2v) is 4.41. The molecule has 7 nitrogen and oxygen atoms in total. The van der Waals surface area contributed by atoms with Crippen LogP contribution in [0.15, 0.2) is 36.7 Å². The van der Waals surface area contributed by atoms with Gasteiger partial charge in [0.25, 0.3) is 0 Å². The third kappa shape index (κ3) is 2.14. The van der Waals surface area contributed by atoms with Gasteiger partial charge in [0.1, 0.15) is 5.75 Å². The Morgan fingerprint density at radius 1 is 1.38 bits per heavy atom. The molecule has 3 aromatic rings. The summed E-state index contributed by atoms with van der Waals surface area (Å²) < 4.78 is 6.01. The number of carbonyl (C=O) groups excluding carboxylic acids is 1. The van der Waals surface area contributed by atoms with Crippen LogP contribution >= 0.6 is 0 Å². The van der Waals surface area contributed by atoms with Crippen LogP contribution in [0.2, 0.25) is 0 Å². The number of phenolic OH excluding ortho intramolecular Hbond substituents is 1. The van der Waals surface area contributed by atoms with E-state index < -0.39 is 5.97 Å². The van der Waals surface area contributed by atoms with Crippen LogP contribution in [0.4, 0.5) is 5.69 Å². The summed E-state index contributed by atoms with van der Waals surface area (Å²) in [5.74, 6) is -0.0374. The zero-order chi connectivity index (χ0) is 15.0. The highest BCUT2D eigenvalue weighted by atomic mass is 16.5. The fourth-order valence-corrected chi connectivity index (χ4v) is 2.07. The molecule has 2 heterocycles. The number of rotatable bonds is 2. The minimum absolute atomic E-state index is 0.0245. The highest BCUT2D eigenvalue weighted by molar-refractivity contribution is 5.93. The number of benzene rings is 1. The van der Waals surface area contributed by atoms with Gasteiger partial charge in [0.05, 0.1) is 19.0 Å². The number of fused-ring (bicyclic) bond motifs is 1. The first-order chi connectivity index (χ1) is 10.1. The van der Waals surface area contributed by atoms with Gasteiger partial charge in [0.2, 0.25) is 0 Å². The second-order valence-electron chi connectivity index (χ2n) is 4.41. The summed E-state index contributed by atoms with van der Waals surface area (Å²) in [7, 11) is 1.26. The number of methoxy groups -OCH3 is 1. The highest BCUT2D eigenvalue weighted by Crippen LogP contribution is 2.25. The average Bonchev–Trinajstić information content (AvgIpc) is 2.87. The van der Waals surface area contributed by atoms with Crippen molar-refractivity contribution in [2.45, 2.75) is 0 Å². The van der Waals surface area contributed by atoms with E-state index in [9.17, 15) is 9.90 Å². The van der Waals surface area contributed by atoms with Crippen LogP contribution in [0.25, 0.3) is 16.6 Å². The maximum atomic E-state index is 11.6. The molecule has 1 aromatic carbocycles. The monoisotopic (exact) mass is 284 g/mol. The molecular formula is C14H12N4O3. The minimum atomic E-state index is -0.616. The van der Waals surface area contributed by atoms with Crippen molar-refractivity contribution >= 4 is 22.4 Å². The topological polar surface area (TPSA) is 103 Å². The number of hydrogen-bond acceptors (Lipinski definition) is 6. The number of anilines is 1. The molecule has 0 atom stereocenters. The van der Waals surface area contributed by atoms with Gasteiger partial charge in [-0.25, -0.2) is 14.5 Å². The Balaban J connectivity index is 2.21. The molecule has 0 spiro atoms.